The molecular formula is C13H19NO2. The van der Waals surface area contributed by atoms with E-state index in [1.54, 1.807) is 6.07 Å². The second-order valence-corrected chi connectivity index (χ2v) is 4.55. The first-order valence-corrected chi connectivity index (χ1v) is 6.08. The third kappa shape index (κ3) is 2.73. The van der Waals surface area contributed by atoms with Crippen molar-refractivity contribution in [1.82, 2.24) is 4.90 Å². The number of carbonyl (C=O) groups excluding carboxylic acids is 1. The highest BCUT2D eigenvalue weighted by atomic mass is 16.3. The molecule has 1 aliphatic heterocycles. The molecule has 3 nitrogen and oxygen atoms in total. The van der Waals surface area contributed by atoms with Crippen molar-refractivity contribution in [3.63, 3.8) is 0 Å². The number of nitrogens with zero attached hydrogens (tertiary/aromatic N) is 1. The zero-order valence-electron chi connectivity index (χ0n) is 9.82. The van der Waals surface area contributed by atoms with Crippen LogP contribution in [-0.4, -0.2) is 24.3 Å². The van der Waals surface area contributed by atoms with Crippen LogP contribution in [0.4, 0.5) is 0 Å². The first-order valence-electron chi connectivity index (χ1n) is 6.08. The lowest BCUT2D eigenvalue weighted by Gasteiger charge is -2.30. The van der Waals surface area contributed by atoms with Crippen LogP contribution in [0.1, 0.15) is 42.5 Å². The molecule has 1 aliphatic rings. The molecule has 0 bridgehead atoms. The predicted molar refractivity (Wildman–Crippen MR) is 62.4 cm³/mol. The van der Waals surface area contributed by atoms with Gasteiger partial charge in [0.1, 0.15) is 5.76 Å². The zero-order valence-corrected chi connectivity index (χ0v) is 9.82. The van der Waals surface area contributed by atoms with Crippen molar-refractivity contribution in [2.75, 3.05) is 13.1 Å². The molecule has 1 saturated heterocycles. The molecule has 1 fully saturated rings. The first kappa shape index (κ1) is 11.4. The molecule has 0 unspecified atom stereocenters. The average molecular weight is 221 g/mol. The molecule has 2 heterocycles. The van der Waals surface area contributed by atoms with Crippen LogP contribution < -0.4 is 0 Å². The Balaban J connectivity index is 1.84. The Hall–Kier alpha value is -1.09. The van der Waals surface area contributed by atoms with Crippen LogP contribution in [-0.2, 0) is 6.54 Å². The average Bonchev–Trinajstić information content (AvgIpc) is 2.78. The number of rotatable bonds is 4. The maximum Gasteiger partial charge on any atom is 0.185 e. The van der Waals surface area contributed by atoms with Crippen molar-refractivity contribution in [2.24, 2.45) is 5.92 Å². The smallest absolute Gasteiger partial charge is 0.185 e. The summed E-state index contributed by atoms with van der Waals surface area (Å²) in [6.07, 6.45) is 4.63. The summed E-state index contributed by atoms with van der Waals surface area (Å²) in [5.41, 5.74) is 0. The normalized spacial score (nSPS) is 18.8. The third-order valence-electron chi connectivity index (χ3n) is 3.46. The van der Waals surface area contributed by atoms with Gasteiger partial charge in [0.05, 0.1) is 6.54 Å². The summed E-state index contributed by atoms with van der Waals surface area (Å²) in [6.45, 7) is 5.40. The summed E-state index contributed by atoms with van der Waals surface area (Å²) < 4.78 is 5.38. The minimum absolute atomic E-state index is 0.429. The lowest BCUT2D eigenvalue weighted by Crippen LogP contribution is -2.32. The predicted octanol–water partition coefficient (Wildman–Crippen LogP) is 2.71. The van der Waals surface area contributed by atoms with Gasteiger partial charge in [-0.05, 0) is 44.0 Å². The molecule has 0 amide bonds. The Morgan fingerprint density at radius 3 is 2.75 bits per heavy atom. The minimum atomic E-state index is 0.429. The molecule has 1 aromatic rings. The highest BCUT2D eigenvalue weighted by Gasteiger charge is 2.18. The van der Waals surface area contributed by atoms with Gasteiger partial charge in [0.15, 0.2) is 12.0 Å². The van der Waals surface area contributed by atoms with E-state index in [9.17, 15) is 4.79 Å². The van der Waals surface area contributed by atoms with Gasteiger partial charge in [0.2, 0.25) is 0 Å². The fraction of sp³-hybridized carbons (Fsp3) is 0.615. The van der Waals surface area contributed by atoms with Crippen LogP contribution in [0.3, 0.4) is 0 Å². The van der Waals surface area contributed by atoms with E-state index in [2.05, 4.69) is 11.8 Å². The van der Waals surface area contributed by atoms with Crippen molar-refractivity contribution in [3.05, 3.63) is 23.7 Å². The Kier molecular flexibility index (Phi) is 3.78. The summed E-state index contributed by atoms with van der Waals surface area (Å²) >= 11 is 0. The van der Waals surface area contributed by atoms with Gasteiger partial charge in [-0.25, -0.2) is 0 Å². The first-order chi connectivity index (χ1) is 7.81. The van der Waals surface area contributed by atoms with Crippen LogP contribution in [0.15, 0.2) is 16.5 Å². The van der Waals surface area contributed by atoms with Gasteiger partial charge in [-0.1, -0.05) is 13.3 Å². The number of aldehydes is 1. The Labute approximate surface area is 96.4 Å². The van der Waals surface area contributed by atoms with Crippen molar-refractivity contribution in [3.8, 4) is 0 Å². The van der Waals surface area contributed by atoms with Gasteiger partial charge in [0, 0.05) is 0 Å². The minimum Gasteiger partial charge on any atom is -0.457 e. The largest absolute Gasteiger partial charge is 0.457 e. The van der Waals surface area contributed by atoms with Gasteiger partial charge in [0.25, 0.3) is 0 Å². The molecule has 0 radical (unpaired) electrons. The third-order valence-corrected chi connectivity index (χ3v) is 3.46. The molecule has 0 atom stereocenters. The second-order valence-electron chi connectivity index (χ2n) is 4.55. The number of furan rings is 1. The van der Waals surface area contributed by atoms with Crippen LogP contribution in [0.2, 0.25) is 0 Å². The summed E-state index contributed by atoms with van der Waals surface area (Å²) in [4.78, 5) is 12.9. The van der Waals surface area contributed by atoms with Crippen molar-refractivity contribution < 1.29 is 9.21 Å². The lowest BCUT2D eigenvalue weighted by molar-refractivity contribution is 0.109. The Morgan fingerprint density at radius 1 is 1.44 bits per heavy atom. The van der Waals surface area contributed by atoms with Gasteiger partial charge >= 0.3 is 0 Å². The molecule has 0 aliphatic carbocycles. The molecule has 16 heavy (non-hydrogen) atoms. The molecule has 2 rings (SSSR count). The summed E-state index contributed by atoms with van der Waals surface area (Å²) in [5, 5.41) is 0. The molecule has 0 spiro atoms. The van der Waals surface area contributed by atoms with E-state index in [0.29, 0.717) is 5.76 Å². The van der Waals surface area contributed by atoms with Crippen LogP contribution in [0, 0.1) is 5.92 Å². The fourth-order valence-corrected chi connectivity index (χ4v) is 2.32. The van der Waals surface area contributed by atoms with Gasteiger partial charge in [-0.2, -0.15) is 0 Å². The van der Waals surface area contributed by atoms with E-state index < -0.39 is 0 Å². The van der Waals surface area contributed by atoms with E-state index in [4.69, 9.17) is 4.42 Å². The molecule has 3 heteroatoms. The quantitative estimate of drug-likeness (QED) is 0.733. The standard InChI is InChI=1S/C13H19NO2/c1-2-11-5-7-14(8-6-11)9-12-3-4-13(10-15)16-12/h3-4,10-11H,2,5-9H2,1H3. The van der Waals surface area contributed by atoms with Crippen LogP contribution in [0.5, 0.6) is 0 Å². The number of hydrogen-bond donors (Lipinski definition) is 0. The number of likely N-dealkylation sites (tertiary alicyclic amines) is 1. The summed E-state index contributed by atoms with van der Waals surface area (Å²) in [5.74, 6) is 2.23. The summed E-state index contributed by atoms with van der Waals surface area (Å²) in [6, 6.07) is 3.64. The molecule has 0 aromatic carbocycles. The maximum atomic E-state index is 10.5. The van der Waals surface area contributed by atoms with Gasteiger partial charge in [-0.15, -0.1) is 0 Å². The van der Waals surface area contributed by atoms with Crippen LogP contribution >= 0.6 is 0 Å². The van der Waals surface area contributed by atoms with Crippen molar-refractivity contribution in [1.29, 1.82) is 0 Å². The maximum absolute atomic E-state index is 10.5. The Bertz CT molecular complexity index is 337. The Morgan fingerprint density at radius 2 is 2.19 bits per heavy atom. The highest BCUT2D eigenvalue weighted by Crippen LogP contribution is 2.21. The summed E-state index contributed by atoms with van der Waals surface area (Å²) in [7, 11) is 0. The second kappa shape index (κ2) is 5.30. The zero-order chi connectivity index (χ0) is 11.4. The van der Waals surface area contributed by atoms with Gasteiger partial charge < -0.3 is 4.42 Å². The van der Waals surface area contributed by atoms with Crippen molar-refractivity contribution in [2.45, 2.75) is 32.7 Å². The molecule has 88 valence electrons. The van der Waals surface area contributed by atoms with E-state index in [0.717, 1.165) is 37.6 Å². The van der Waals surface area contributed by atoms with E-state index in [1.807, 2.05) is 6.07 Å². The van der Waals surface area contributed by atoms with E-state index in [1.165, 1.54) is 19.3 Å². The number of hydrogen-bond acceptors (Lipinski definition) is 3. The SMILES string of the molecule is CCC1CCN(Cc2ccc(C=O)o2)CC1. The fourth-order valence-electron chi connectivity index (χ4n) is 2.32. The van der Waals surface area contributed by atoms with Crippen LogP contribution in [0.25, 0.3) is 0 Å². The monoisotopic (exact) mass is 221 g/mol. The number of carbonyl (C=O) groups is 1. The topological polar surface area (TPSA) is 33.5 Å². The molecule has 1 aromatic heterocycles. The van der Waals surface area contributed by atoms with Gasteiger partial charge in [-0.3, -0.25) is 9.69 Å². The highest BCUT2D eigenvalue weighted by molar-refractivity contribution is 5.70. The molecular weight excluding hydrogens is 202 g/mol. The lowest BCUT2D eigenvalue weighted by atomic mass is 9.94. The van der Waals surface area contributed by atoms with E-state index in [-0.39, 0.29) is 0 Å². The van der Waals surface area contributed by atoms with E-state index >= 15 is 0 Å². The molecule has 0 N–H and O–H groups in total. The number of piperidine rings is 1. The van der Waals surface area contributed by atoms with Crippen molar-refractivity contribution >= 4 is 6.29 Å². The molecule has 0 saturated carbocycles.